The van der Waals surface area contributed by atoms with E-state index in [0.717, 1.165) is 6.92 Å². The molecule has 0 spiro atoms. The lowest BCUT2D eigenvalue weighted by Crippen LogP contribution is -2.14. The third kappa shape index (κ3) is 5.94. The summed E-state index contributed by atoms with van der Waals surface area (Å²) in [5.41, 5.74) is 0. The summed E-state index contributed by atoms with van der Waals surface area (Å²) in [6.45, 7) is 1.10. The fraction of sp³-hybridized carbons (Fsp3) is 0.667. The van der Waals surface area contributed by atoms with Gasteiger partial charge in [0.15, 0.2) is 5.78 Å². The van der Waals surface area contributed by atoms with Crippen molar-refractivity contribution in [1.29, 1.82) is 0 Å². The molecule has 0 aromatic heterocycles. The molecule has 0 atom stereocenters. The quantitative estimate of drug-likeness (QED) is 0.441. The number of hydrogen-bond donors (Lipinski definition) is 2. The van der Waals surface area contributed by atoms with E-state index in [9.17, 15) is 4.79 Å². The summed E-state index contributed by atoms with van der Waals surface area (Å²) >= 11 is 0. The van der Waals surface area contributed by atoms with E-state index in [1.807, 2.05) is 0 Å². The van der Waals surface area contributed by atoms with E-state index in [0.29, 0.717) is 0 Å². The maximum absolute atomic E-state index is 9.64. The summed E-state index contributed by atoms with van der Waals surface area (Å²) in [7, 11) is 0. The number of ketones is 1. The van der Waals surface area contributed by atoms with Crippen LogP contribution < -0.4 is 0 Å². The average molecular weight is 124 g/mol. The molecule has 0 radical (unpaired) electrons. The van der Waals surface area contributed by atoms with E-state index >= 15 is 0 Å². The summed E-state index contributed by atoms with van der Waals surface area (Å²) < 4.78 is 0. The Morgan fingerprint density at radius 2 is 1.71 bits per heavy atom. The minimum atomic E-state index is -1.79. The standard InChI is InChI=1S/C3H6O3.H2S/c1-2(4)3(5)6;/h3,5-6H,1H3;1H2. The zero-order valence-corrected chi connectivity index (χ0v) is 4.88. The van der Waals surface area contributed by atoms with Crippen molar-refractivity contribution < 1.29 is 15.0 Å². The molecular formula is C3H8O3S. The Labute approximate surface area is 48.4 Å². The molecule has 4 heteroatoms. The van der Waals surface area contributed by atoms with Crippen LogP contribution in [-0.2, 0) is 4.79 Å². The normalized spacial score (nSPS) is 8.00. The number of hydrogen-bond acceptors (Lipinski definition) is 3. The van der Waals surface area contributed by atoms with Crippen molar-refractivity contribution in [2.24, 2.45) is 0 Å². The van der Waals surface area contributed by atoms with E-state index in [1.54, 1.807) is 0 Å². The van der Waals surface area contributed by atoms with Crippen LogP contribution in [0, 0.1) is 0 Å². The van der Waals surface area contributed by atoms with Crippen LogP contribution in [0.3, 0.4) is 0 Å². The van der Waals surface area contributed by atoms with Crippen LogP contribution in [0.15, 0.2) is 0 Å². The minimum Gasteiger partial charge on any atom is -0.362 e. The molecule has 0 amide bonds. The third-order valence-electron chi connectivity index (χ3n) is 0.364. The van der Waals surface area contributed by atoms with Gasteiger partial charge in [0.2, 0.25) is 6.29 Å². The van der Waals surface area contributed by atoms with E-state index in [4.69, 9.17) is 10.2 Å². The molecule has 0 aliphatic heterocycles. The van der Waals surface area contributed by atoms with Crippen LogP contribution in [0.4, 0.5) is 0 Å². The fourth-order valence-corrected chi connectivity index (χ4v) is 0. The maximum Gasteiger partial charge on any atom is 0.212 e. The zero-order valence-electron chi connectivity index (χ0n) is 3.88. The highest BCUT2D eigenvalue weighted by Crippen LogP contribution is 1.72. The predicted octanol–water partition coefficient (Wildman–Crippen LogP) is -1.00. The van der Waals surface area contributed by atoms with Gasteiger partial charge < -0.3 is 10.2 Å². The number of aliphatic hydroxyl groups excluding tert-OH is 1. The van der Waals surface area contributed by atoms with Gasteiger partial charge in [-0.15, -0.1) is 0 Å². The van der Waals surface area contributed by atoms with Crippen LogP contribution in [0.25, 0.3) is 0 Å². The molecule has 0 heterocycles. The molecule has 0 aromatic carbocycles. The Bertz CT molecular complexity index is 61.2. The van der Waals surface area contributed by atoms with Gasteiger partial charge in [-0.25, -0.2) is 0 Å². The first kappa shape index (κ1) is 10.0. The summed E-state index contributed by atoms with van der Waals surface area (Å²) in [4.78, 5) is 9.64. The highest BCUT2D eigenvalue weighted by Gasteiger charge is 1.99. The topological polar surface area (TPSA) is 57.5 Å². The van der Waals surface area contributed by atoms with Gasteiger partial charge in [-0.2, -0.15) is 13.5 Å². The molecule has 0 bridgehead atoms. The number of rotatable bonds is 1. The van der Waals surface area contributed by atoms with Crippen LogP contribution in [-0.4, -0.2) is 22.3 Å². The second-order valence-electron chi connectivity index (χ2n) is 0.984. The first-order chi connectivity index (χ1) is 2.64. The lowest BCUT2D eigenvalue weighted by Gasteiger charge is -1.90. The van der Waals surface area contributed by atoms with Gasteiger partial charge in [-0.1, -0.05) is 0 Å². The van der Waals surface area contributed by atoms with Gasteiger partial charge >= 0.3 is 0 Å². The molecule has 3 nitrogen and oxygen atoms in total. The molecule has 0 aliphatic rings. The number of carbonyl (C=O) groups is 1. The number of carbonyl (C=O) groups excluding carboxylic acids is 1. The van der Waals surface area contributed by atoms with Crippen molar-refractivity contribution in [2.45, 2.75) is 13.2 Å². The summed E-state index contributed by atoms with van der Waals surface area (Å²) in [6, 6.07) is 0. The molecule has 0 aliphatic carbocycles. The van der Waals surface area contributed by atoms with Crippen LogP contribution >= 0.6 is 13.5 Å². The molecule has 0 fully saturated rings. The average Bonchev–Trinajstić information content (AvgIpc) is 1.36. The van der Waals surface area contributed by atoms with E-state index in [-0.39, 0.29) is 13.5 Å². The second kappa shape index (κ2) is 4.11. The Hall–Kier alpha value is -0.0600. The van der Waals surface area contributed by atoms with Crippen LogP contribution in [0.1, 0.15) is 6.92 Å². The highest BCUT2D eigenvalue weighted by atomic mass is 32.1. The van der Waals surface area contributed by atoms with Crippen molar-refractivity contribution in [3.63, 3.8) is 0 Å². The van der Waals surface area contributed by atoms with Gasteiger partial charge in [0.05, 0.1) is 0 Å². The Morgan fingerprint density at radius 1 is 1.57 bits per heavy atom. The predicted molar refractivity (Wildman–Crippen MR) is 29.3 cm³/mol. The molecule has 0 rings (SSSR count). The first-order valence-electron chi connectivity index (χ1n) is 1.51. The van der Waals surface area contributed by atoms with Crippen LogP contribution in [0.5, 0.6) is 0 Å². The van der Waals surface area contributed by atoms with Gasteiger partial charge in [0.25, 0.3) is 0 Å². The first-order valence-corrected chi connectivity index (χ1v) is 1.51. The Kier molecular flexibility index (Phi) is 5.89. The van der Waals surface area contributed by atoms with Gasteiger partial charge in [0, 0.05) is 0 Å². The molecule has 0 aromatic rings. The zero-order chi connectivity index (χ0) is 5.15. The van der Waals surface area contributed by atoms with Crippen molar-refractivity contribution >= 4 is 19.3 Å². The highest BCUT2D eigenvalue weighted by molar-refractivity contribution is 7.59. The summed E-state index contributed by atoms with van der Waals surface area (Å²) in [5, 5.41) is 15.7. The lowest BCUT2D eigenvalue weighted by atomic mass is 10.4. The van der Waals surface area contributed by atoms with E-state index < -0.39 is 12.1 Å². The van der Waals surface area contributed by atoms with Crippen LogP contribution in [0.2, 0.25) is 0 Å². The molecule has 0 unspecified atom stereocenters. The molecular weight excluding hydrogens is 116 g/mol. The smallest absolute Gasteiger partial charge is 0.212 e. The van der Waals surface area contributed by atoms with E-state index in [2.05, 4.69) is 0 Å². The molecule has 2 N–H and O–H groups in total. The van der Waals surface area contributed by atoms with Gasteiger partial charge in [0.1, 0.15) is 0 Å². The van der Waals surface area contributed by atoms with Crippen molar-refractivity contribution in [3.8, 4) is 0 Å². The summed E-state index contributed by atoms with van der Waals surface area (Å²) in [5.74, 6) is -0.630. The maximum atomic E-state index is 9.64. The fourth-order valence-electron chi connectivity index (χ4n) is 0. The van der Waals surface area contributed by atoms with Gasteiger partial charge in [-0.05, 0) is 6.92 Å². The molecule has 44 valence electrons. The van der Waals surface area contributed by atoms with Crippen molar-refractivity contribution in [3.05, 3.63) is 0 Å². The SMILES string of the molecule is CC(=O)C(O)O.S. The lowest BCUT2D eigenvalue weighted by molar-refractivity contribution is -0.142. The Balaban J connectivity index is 0. The third-order valence-corrected chi connectivity index (χ3v) is 0.364. The number of aliphatic hydroxyl groups is 2. The number of Topliss-reactive ketones (excluding diaryl/α,β-unsaturated/α-hetero) is 1. The molecule has 7 heavy (non-hydrogen) atoms. The Morgan fingerprint density at radius 3 is 1.71 bits per heavy atom. The van der Waals surface area contributed by atoms with E-state index in [1.165, 1.54) is 0 Å². The summed E-state index contributed by atoms with van der Waals surface area (Å²) in [6.07, 6.45) is -1.79. The molecule has 0 saturated heterocycles. The van der Waals surface area contributed by atoms with Crippen molar-refractivity contribution in [2.75, 3.05) is 0 Å². The van der Waals surface area contributed by atoms with Crippen molar-refractivity contribution in [1.82, 2.24) is 0 Å². The largest absolute Gasteiger partial charge is 0.362 e. The van der Waals surface area contributed by atoms with Gasteiger partial charge in [-0.3, -0.25) is 4.79 Å². The monoisotopic (exact) mass is 124 g/mol. The molecule has 0 saturated carbocycles. The minimum absolute atomic E-state index is 0. The second-order valence-corrected chi connectivity index (χ2v) is 0.984.